The molecule has 0 fully saturated rings. The van der Waals surface area contributed by atoms with Crippen molar-refractivity contribution in [2.24, 2.45) is 0 Å². The predicted molar refractivity (Wildman–Crippen MR) is 134 cm³/mol. The number of unbranched alkanes of at least 4 members (excludes halogenated alkanes) is 20. The van der Waals surface area contributed by atoms with E-state index in [1.54, 1.807) is 0 Å². The van der Waals surface area contributed by atoms with Crippen LogP contribution in [0.5, 0.6) is 0 Å². The molecule has 0 aromatic heterocycles. The summed E-state index contributed by atoms with van der Waals surface area (Å²) in [6.07, 6.45) is 28.2. The SMILES string of the molecule is CCCCCCCCCCCCCCCCC(=O)C(=O)OCCCCCCCCCC. The van der Waals surface area contributed by atoms with Crippen LogP contribution < -0.4 is 0 Å². The van der Waals surface area contributed by atoms with Gasteiger partial charge in [-0.05, 0) is 12.8 Å². The first-order chi connectivity index (χ1) is 15.2. The minimum Gasteiger partial charge on any atom is -0.460 e. The lowest BCUT2D eigenvalue weighted by atomic mass is 10.0. The molecule has 31 heavy (non-hydrogen) atoms. The van der Waals surface area contributed by atoms with Crippen molar-refractivity contribution in [1.82, 2.24) is 0 Å². The second-order valence-corrected chi connectivity index (χ2v) is 9.38. The molecule has 0 N–H and O–H groups in total. The molecule has 0 aliphatic heterocycles. The molecule has 0 aromatic carbocycles. The topological polar surface area (TPSA) is 43.4 Å². The Labute approximate surface area is 194 Å². The van der Waals surface area contributed by atoms with E-state index in [4.69, 9.17) is 4.74 Å². The van der Waals surface area contributed by atoms with Crippen LogP contribution in [-0.2, 0) is 14.3 Å². The van der Waals surface area contributed by atoms with Gasteiger partial charge in [-0.25, -0.2) is 4.79 Å². The van der Waals surface area contributed by atoms with E-state index in [0.717, 1.165) is 25.7 Å². The number of hydrogen-bond acceptors (Lipinski definition) is 3. The van der Waals surface area contributed by atoms with Gasteiger partial charge in [-0.2, -0.15) is 0 Å². The second kappa shape index (κ2) is 25.4. The summed E-state index contributed by atoms with van der Waals surface area (Å²) in [4.78, 5) is 23.6. The molecule has 0 radical (unpaired) electrons. The van der Waals surface area contributed by atoms with E-state index in [9.17, 15) is 9.59 Å². The molecule has 0 saturated heterocycles. The lowest BCUT2D eigenvalue weighted by Gasteiger charge is -2.05. The van der Waals surface area contributed by atoms with Crippen molar-refractivity contribution >= 4 is 11.8 Å². The molecular formula is C28H54O3. The Hall–Kier alpha value is -0.860. The standard InChI is InChI=1S/C28H54O3/c1-3-5-7-9-11-13-14-15-16-17-18-19-21-23-25-27(29)28(30)31-26-24-22-20-12-10-8-6-4-2/h3-26H2,1-2H3. The molecule has 0 aliphatic rings. The van der Waals surface area contributed by atoms with Gasteiger partial charge in [-0.3, -0.25) is 4.79 Å². The Bertz CT molecular complexity index is 392. The number of rotatable bonds is 25. The molecule has 3 nitrogen and oxygen atoms in total. The highest BCUT2D eigenvalue weighted by molar-refractivity contribution is 6.33. The Kier molecular flexibility index (Phi) is 24.7. The number of Topliss-reactive ketones (excluding diaryl/α,β-unsaturated/α-hetero) is 1. The van der Waals surface area contributed by atoms with Crippen LogP contribution in [0.1, 0.15) is 162 Å². The van der Waals surface area contributed by atoms with Gasteiger partial charge in [0.1, 0.15) is 0 Å². The average molecular weight is 439 g/mol. The molecule has 0 spiro atoms. The van der Waals surface area contributed by atoms with Crippen LogP contribution in [0.2, 0.25) is 0 Å². The van der Waals surface area contributed by atoms with Crippen molar-refractivity contribution in [3.63, 3.8) is 0 Å². The first kappa shape index (κ1) is 30.1. The number of hydrogen-bond donors (Lipinski definition) is 0. The van der Waals surface area contributed by atoms with Crippen LogP contribution in [0.15, 0.2) is 0 Å². The van der Waals surface area contributed by atoms with E-state index in [1.807, 2.05) is 0 Å². The maximum absolute atomic E-state index is 11.9. The minimum absolute atomic E-state index is 0.335. The Morgan fingerprint density at radius 2 is 0.774 bits per heavy atom. The summed E-state index contributed by atoms with van der Waals surface area (Å²) in [7, 11) is 0. The lowest BCUT2D eigenvalue weighted by Crippen LogP contribution is -2.17. The fourth-order valence-electron chi connectivity index (χ4n) is 4.06. The third-order valence-electron chi connectivity index (χ3n) is 6.22. The van der Waals surface area contributed by atoms with Crippen LogP contribution in [0.3, 0.4) is 0 Å². The molecule has 3 heteroatoms. The van der Waals surface area contributed by atoms with Gasteiger partial charge >= 0.3 is 5.97 Å². The molecule has 0 heterocycles. The maximum atomic E-state index is 11.9. The van der Waals surface area contributed by atoms with Gasteiger partial charge in [0.2, 0.25) is 5.78 Å². The second-order valence-electron chi connectivity index (χ2n) is 9.38. The number of carbonyl (C=O) groups is 2. The summed E-state index contributed by atoms with van der Waals surface area (Å²) < 4.78 is 5.13. The smallest absolute Gasteiger partial charge is 0.374 e. The van der Waals surface area contributed by atoms with Gasteiger partial charge in [-0.1, -0.05) is 142 Å². The summed E-state index contributed by atoms with van der Waals surface area (Å²) in [5.41, 5.74) is 0. The highest BCUT2D eigenvalue weighted by Gasteiger charge is 2.14. The van der Waals surface area contributed by atoms with Crippen molar-refractivity contribution in [2.45, 2.75) is 162 Å². The Morgan fingerprint density at radius 1 is 0.452 bits per heavy atom. The summed E-state index contributed by atoms with van der Waals surface area (Å²) in [6, 6.07) is 0. The highest BCUT2D eigenvalue weighted by atomic mass is 16.5. The summed E-state index contributed by atoms with van der Waals surface area (Å²) in [6.45, 7) is 4.90. The molecular weight excluding hydrogens is 384 g/mol. The van der Waals surface area contributed by atoms with E-state index in [1.165, 1.54) is 116 Å². The number of ketones is 1. The molecule has 0 bridgehead atoms. The Morgan fingerprint density at radius 3 is 1.16 bits per heavy atom. The third kappa shape index (κ3) is 23.6. The van der Waals surface area contributed by atoms with E-state index in [0.29, 0.717) is 13.0 Å². The fourth-order valence-corrected chi connectivity index (χ4v) is 4.06. The summed E-state index contributed by atoms with van der Waals surface area (Å²) in [5.74, 6) is -0.948. The zero-order valence-corrected chi connectivity index (χ0v) is 21.2. The van der Waals surface area contributed by atoms with Crippen LogP contribution in [0, 0.1) is 0 Å². The lowest BCUT2D eigenvalue weighted by molar-refractivity contribution is -0.154. The number of ether oxygens (including phenoxy) is 1. The van der Waals surface area contributed by atoms with Gasteiger partial charge in [0.05, 0.1) is 6.61 Å². The number of carbonyl (C=O) groups excluding carboxylic acids is 2. The van der Waals surface area contributed by atoms with E-state index in [2.05, 4.69) is 13.8 Å². The quantitative estimate of drug-likeness (QED) is 0.0810. The third-order valence-corrected chi connectivity index (χ3v) is 6.22. The molecule has 0 aromatic rings. The van der Waals surface area contributed by atoms with E-state index >= 15 is 0 Å². The molecule has 0 aliphatic carbocycles. The molecule has 0 rings (SSSR count). The Balaban J connectivity index is 3.29. The molecule has 0 atom stereocenters. The zero-order valence-electron chi connectivity index (χ0n) is 21.2. The van der Waals surface area contributed by atoms with Crippen molar-refractivity contribution in [3.05, 3.63) is 0 Å². The number of esters is 1. The van der Waals surface area contributed by atoms with Gasteiger partial charge in [0, 0.05) is 6.42 Å². The van der Waals surface area contributed by atoms with Crippen molar-refractivity contribution < 1.29 is 14.3 Å². The predicted octanol–water partition coefficient (Wildman–Crippen LogP) is 9.11. The monoisotopic (exact) mass is 438 g/mol. The molecule has 0 saturated carbocycles. The molecule has 0 unspecified atom stereocenters. The van der Waals surface area contributed by atoms with Gasteiger partial charge in [-0.15, -0.1) is 0 Å². The summed E-state index contributed by atoms with van der Waals surface area (Å²) in [5, 5.41) is 0. The van der Waals surface area contributed by atoms with Gasteiger partial charge < -0.3 is 4.74 Å². The van der Waals surface area contributed by atoms with Gasteiger partial charge in [0.15, 0.2) is 0 Å². The molecule has 184 valence electrons. The van der Waals surface area contributed by atoms with Crippen LogP contribution >= 0.6 is 0 Å². The van der Waals surface area contributed by atoms with E-state index in [-0.39, 0.29) is 5.78 Å². The minimum atomic E-state index is -0.613. The largest absolute Gasteiger partial charge is 0.460 e. The van der Waals surface area contributed by atoms with E-state index < -0.39 is 5.97 Å². The fraction of sp³-hybridized carbons (Fsp3) is 0.929. The zero-order chi connectivity index (χ0) is 22.8. The maximum Gasteiger partial charge on any atom is 0.374 e. The van der Waals surface area contributed by atoms with Crippen LogP contribution in [0.25, 0.3) is 0 Å². The normalized spacial score (nSPS) is 11.0. The van der Waals surface area contributed by atoms with Crippen LogP contribution in [0.4, 0.5) is 0 Å². The molecule has 0 amide bonds. The summed E-state index contributed by atoms with van der Waals surface area (Å²) >= 11 is 0. The van der Waals surface area contributed by atoms with Crippen molar-refractivity contribution in [2.75, 3.05) is 6.61 Å². The average Bonchev–Trinajstić information content (AvgIpc) is 2.77. The van der Waals surface area contributed by atoms with Crippen molar-refractivity contribution in [3.8, 4) is 0 Å². The highest BCUT2D eigenvalue weighted by Crippen LogP contribution is 2.13. The first-order valence-electron chi connectivity index (χ1n) is 13.9. The van der Waals surface area contributed by atoms with Gasteiger partial charge in [0.25, 0.3) is 0 Å². The van der Waals surface area contributed by atoms with Crippen LogP contribution in [-0.4, -0.2) is 18.4 Å². The first-order valence-corrected chi connectivity index (χ1v) is 13.9. The van der Waals surface area contributed by atoms with Crippen molar-refractivity contribution in [1.29, 1.82) is 0 Å².